The molecule has 2 amide bonds. The molecule has 0 atom stereocenters. The van der Waals surface area contributed by atoms with Gasteiger partial charge >= 0.3 is 5.78 Å². The predicted octanol–water partition coefficient (Wildman–Crippen LogP) is 2.89. The molecule has 3 N–H and O–H groups in total. The van der Waals surface area contributed by atoms with Gasteiger partial charge in [-0.25, -0.2) is 0 Å². The monoisotopic (exact) mass is 348 g/mol. The molecule has 7 heteroatoms. The van der Waals surface area contributed by atoms with Crippen molar-refractivity contribution in [1.82, 2.24) is 0 Å². The maximum atomic E-state index is 12.5. The molecule has 0 aliphatic rings. The molecule has 0 bridgehead atoms. The van der Waals surface area contributed by atoms with Gasteiger partial charge in [0.2, 0.25) is 11.3 Å². The number of hydrogen-bond acceptors (Lipinski definition) is 5. The molecule has 0 radical (unpaired) electrons. The molecule has 128 valence electrons. The minimum atomic E-state index is -0.559. The molecular weight excluding hydrogens is 336 g/mol. The van der Waals surface area contributed by atoms with Crippen molar-refractivity contribution in [2.75, 3.05) is 5.32 Å². The van der Waals surface area contributed by atoms with Gasteiger partial charge in [0.25, 0.3) is 5.91 Å². The SMILES string of the molecule is NC(=O)c1ccc(NC(=O)c2cc3c(=O)c4ccccc4oc3o2)cc1. The van der Waals surface area contributed by atoms with Crippen LogP contribution in [-0.2, 0) is 0 Å². The van der Waals surface area contributed by atoms with Crippen LogP contribution in [0.5, 0.6) is 0 Å². The molecule has 0 aliphatic heterocycles. The van der Waals surface area contributed by atoms with E-state index in [9.17, 15) is 14.4 Å². The van der Waals surface area contributed by atoms with Crippen molar-refractivity contribution in [2.24, 2.45) is 5.73 Å². The highest BCUT2D eigenvalue weighted by molar-refractivity contribution is 6.05. The number of hydrogen-bond donors (Lipinski definition) is 2. The number of nitrogens with two attached hydrogens (primary N) is 1. The van der Waals surface area contributed by atoms with Crippen molar-refractivity contribution < 1.29 is 18.4 Å². The summed E-state index contributed by atoms with van der Waals surface area (Å²) in [5, 5.41) is 3.22. The third-order valence-corrected chi connectivity index (χ3v) is 3.93. The Balaban J connectivity index is 1.68. The Morgan fingerprint density at radius 1 is 0.923 bits per heavy atom. The van der Waals surface area contributed by atoms with Crippen LogP contribution in [0.1, 0.15) is 20.9 Å². The molecule has 0 spiro atoms. The fraction of sp³-hybridized carbons (Fsp3) is 0. The van der Waals surface area contributed by atoms with E-state index < -0.39 is 11.8 Å². The second kappa shape index (κ2) is 5.89. The van der Waals surface area contributed by atoms with Crippen LogP contribution in [0.4, 0.5) is 5.69 Å². The van der Waals surface area contributed by atoms with Gasteiger partial charge in [-0.2, -0.15) is 0 Å². The molecule has 0 saturated heterocycles. The van der Waals surface area contributed by atoms with E-state index >= 15 is 0 Å². The second-order valence-electron chi connectivity index (χ2n) is 5.63. The number of anilines is 1. The van der Waals surface area contributed by atoms with Crippen molar-refractivity contribution in [2.45, 2.75) is 0 Å². The van der Waals surface area contributed by atoms with Crippen molar-refractivity contribution in [3.05, 3.63) is 76.1 Å². The molecule has 0 unspecified atom stereocenters. The maximum absolute atomic E-state index is 12.5. The number of primary amides is 1. The molecular formula is C19H12N2O5. The van der Waals surface area contributed by atoms with Crippen LogP contribution in [0.15, 0.2) is 68.2 Å². The first-order chi connectivity index (χ1) is 12.5. The number of carbonyl (C=O) groups excluding carboxylic acids is 2. The van der Waals surface area contributed by atoms with E-state index in [2.05, 4.69) is 5.32 Å². The molecule has 4 aromatic rings. The van der Waals surface area contributed by atoms with Crippen LogP contribution in [0.2, 0.25) is 0 Å². The summed E-state index contributed by atoms with van der Waals surface area (Å²) in [4.78, 5) is 35.9. The van der Waals surface area contributed by atoms with Crippen LogP contribution in [-0.4, -0.2) is 11.8 Å². The summed E-state index contributed by atoms with van der Waals surface area (Å²) in [7, 11) is 0. The number of nitrogens with one attached hydrogen (secondary N) is 1. The summed E-state index contributed by atoms with van der Waals surface area (Å²) in [5.74, 6) is -1.18. The number of rotatable bonds is 3. The third kappa shape index (κ3) is 2.61. The quantitative estimate of drug-likeness (QED) is 0.590. The Bertz CT molecular complexity index is 1220. The Morgan fingerprint density at radius 3 is 2.38 bits per heavy atom. The molecule has 0 fully saturated rings. The van der Waals surface area contributed by atoms with Gasteiger partial charge in [-0.3, -0.25) is 14.4 Å². The Hall–Kier alpha value is -3.87. The first-order valence-electron chi connectivity index (χ1n) is 7.69. The fourth-order valence-corrected chi connectivity index (χ4v) is 2.62. The summed E-state index contributed by atoms with van der Waals surface area (Å²) in [6.45, 7) is 0. The van der Waals surface area contributed by atoms with E-state index in [1.54, 1.807) is 36.4 Å². The van der Waals surface area contributed by atoms with Gasteiger partial charge in [-0.1, -0.05) is 12.1 Å². The molecule has 26 heavy (non-hydrogen) atoms. The normalized spacial score (nSPS) is 10.9. The zero-order valence-corrected chi connectivity index (χ0v) is 13.3. The number of para-hydroxylation sites is 1. The van der Waals surface area contributed by atoms with Gasteiger partial charge in [0.15, 0.2) is 5.76 Å². The first-order valence-corrected chi connectivity index (χ1v) is 7.69. The standard InChI is InChI=1S/C19H12N2O5/c20-17(23)10-5-7-11(8-6-10)21-18(24)15-9-13-16(22)12-3-1-2-4-14(12)25-19(13)26-15/h1-9H,(H2,20,23)(H,21,24). The zero-order valence-electron chi connectivity index (χ0n) is 13.3. The van der Waals surface area contributed by atoms with Gasteiger partial charge < -0.3 is 19.9 Å². The number of benzene rings is 2. The molecule has 7 nitrogen and oxygen atoms in total. The van der Waals surface area contributed by atoms with E-state index in [1.165, 1.54) is 18.2 Å². The molecule has 4 rings (SSSR count). The predicted molar refractivity (Wildman–Crippen MR) is 95.2 cm³/mol. The van der Waals surface area contributed by atoms with E-state index in [-0.39, 0.29) is 22.4 Å². The number of amides is 2. The average molecular weight is 348 g/mol. The Kier molecular flexibility index (Phi) is 3.54. The summed E-state index contributed by atoms with van der Waals surface area (Å²) in [6, 6.07) is 14.2. The molecule has 0 aliphatic carbocycles. The zero-order chi connectivity index (χ0) is 18.3. The fourth-order valence-electron chi connectivity index (χ4n) is 2.62. The minimum Gasteiger partial charge on any atom is -0.425 e. The first kappa shape index (κ1) is 15.6. The van der Waals surface area contributed by atoms with Crippen molar-refractivity contribution >= 4 is 39.6 Å². The van der Waals surface area contributed by atoms with Crippen molar-refractivity contribution in [3.63, 3.8) is 0 Å². The Morgan fingerprint density at radius 2 is 1.65 bits per heavy atom. The molecule has 0 saturated carbocycles. The van der Waals surface area contributed by atoms with Gasteiger partial charge in [-0.15, -0.1) is 0 Å². The highest BCUT2D eigenvalue weighted by atomic mass is 16.5. The lowest BCUT2D eigenvalue weighted by atomic mass is 10.2. The molecule has 2 heterocycles. The van der Waals surface area contributed by atoms with Crippen LogP contribution in [0.25, 0.3) is 22.1 Å². The molecule has 2 aromatic carbocycles. The van der Waals surface area contributed by atoms with Gasteiger partial charge in [0, 0.05) is 17.3 Å². The van der Waals surface area contributed by atoms with E-state index in [0.717, 1.165) is 0 Å². The van der Waals surface area contributed by atoms with Crippen LogP contribution >= 0.6 is 0 Å². The lowest BCUT2D eigenvalue weighted by Crippen LogP contribution is -2.13. The van der Waals surface area contributed by atoms with Crippen molar-refractivity contribution in [3.8, 4) is 0 Å². The van der Waals surface area contributed by atoms with E-state index in [4.69, 9.17) is 14.6 Å². The van der Waals surface area contributed by atoms with Crippen LogP contribution < -0.4 is 16.5 Å². The maximum Gasteiger partial charge on any atom is 0.302 e. The molecule has 2 aromatic heterocycles. The number of furan rings is 1. The van der Waals surface area contributed by atoms with Gasteiger partial charge in [0.1, 0.15) is 11.0 Å². The van der Waals surface area contributed by atoms with E-state index in [0.29, 0.717) is 22.2 Å². The largest absolute Gasteiger partial charge is 0.425 e. The minimum absolute atomic E-state index is 0.0112. The third-order valence-electron chi connectivity index (χ3n) is 3.93. The van der Waals surface area contributed by atoms with E-state index in [1.807, 2.05) is 0 Å². The highest BCUT2D eigenvalue weighted by Gasteiger charge is 2.17. The summed E-state index contributed by atoms with van der Waals surface area (Å²) in [5.41, 5.74) is 6.06. The topological polar surface area (TPSA) is 116 Å². The average Bonchev–Trinajstić information content (AvgIpc) is 3.07. The number of carbonyl (C=O) groups is 2. The van der Waals surface area contributed by atoms with Gasteiger partial charge in [-0.05, 0) is 36.4 Å². The van der Waals surface area contributed by atoms with Gasteiger partial charge in [0.05, 0.1) is 5.39 Å². The Labute approximate surface area is 146 Å². The lowest BCUT2D eigenvalue weighted by Gasteiger charge is -2.03. The van der Waals surface area contributed by atoms with Crippen LogP contribution in [0, 0.1) is 0 Å². The van der Waals surface area contributed by atoms with Crippen molar-refractivity contribution in [1.29, 1.82) is 0 Å². The summed E-state index contributed by atoms with van der Waals surface area (Å²) >= 11 is 0. The summed E-state index contributed by atoms with van der Waals surface area (Å²) < 4.78 is 11.0. The highest BCUT2D eigenvalue weighted by Crippen LogP contribution is 2.22. The number of fused-ring (bicyclic) bond motifs is 2. The second-order valence-corrected chi connectivity index (χ2v) is 5.63. The summed E-state index contributed by atoms with van der Waals surface area (Å²) in [6.07, 6.45) is 0. The smallest absolute Gasteiger partial charge is 0.302 e. The van der Waals surface area contributed by atoms with Crippen LogP contribution in [0.3, 0.4) is 0 Å². The lowest BCUT2D eigenvalue weighted by molar-refractivity contribution is 0.0992.